The summed E-state index contributed by atoms with van der Waals surface area (Å²) in [6, 6.07) is -0.553. The van der Waals surface area contributed by atoms with E-state index in [2.05, 4.69) is 0 Å². The molecule has 1 aliphatic rings. The number of aliphatic hydroxyl groups is 3. The molecule has 0 amide bonds. The van der Waals surface area contributed by atoms with Crippen LogP contribution in [-0.2, 0) is 4.74 Å². The van der Waals surface area contributed by atoms with Gasteiger partial charge in [0.05, 0.1) is 12.6 Å². The Kier molecular flexibility index (Phi) is 2.45. The van der Waals surface area contributed by atoms with E-state index in [0.29, 0.717) is 0 Å². The zero-order chi connectivity index (χ0) is 9.35. The summed E-state index contributed by atoms with van der Waals surface area (Å²) in [4.78, 5) is 0. The summed E-state index contributed by atoms with van der Waals surface area (Å²) < 4.78 is 5.04. The second-order valence-electron chi connectivity index (χ2n) is 2.93. The van der Waals surface area contributed by atoms with Crippen LogP contribution in [0.1, 0.15) is 0 Å². The van der Waals surface area contributed by atoms with E-state index >= 15 is 0 Å². The van der Waals surface area contributed by atoms with Gasteiger partial charge in [0.2, 0.25) is 0 Å². The lowest BCUT2D eigenvalue weighted by Gasteiger charge is -2.23. The van der Waals surface area contributed by atoms with E-state index < -0.39 is 30.4 Å². The zero-order valence-corrected chi connectivity index (χ0v) is 6.77. The molecule has 1 saturated heterocycles. The lowest BCUT2D eigenvalue weighted by molar-refractivity contribution is -0.0519. The predicted octanol–water partition coefficient (Wildman–Crippen LogP) is -2.94. The first-order valence-corrected chi connectivity index (χ1v) is 3.70. The van der Waals surface area contributed by atoms with Crippen molar-refractivity contribution in [3.05, 3.63) is 0 Å². The van der Waals surface area contributed by atoms with Gasteiger partial charge in [0.1, 0.15) is 20.1 Å². The Morgan fingerprint density at radius 3 is 2.58 bits per heavy atom. The Hall–Kier alpha value is -0.535. The quantitative estimate of drug-likeness (QED) is 0.291. The topological polar surface area (TPSA) is 69.9 Å². The Morgan fingerprint density at radius 2 is 2.25 bits per heavy atom. The molecule has 3 N–H and O–H groups in total. The summed E-state index contributed by atoms with van der Waals surface area (Å²) in [6.45, 7) is -0.401. The van der Waals surface area contributed by atoms with E-state index in [9.17, 15) is 10.2 Å². The standard InChI is InChI=1S/C7H11BO4/c1-2-7(11)4(3-9)12-6(8)5(7)10/h1,4-6,9-11H,3,8H2/t4-,5+,6-,7+/m1/s1. The first kappa shape index (κ1) is 9.55. The second-order valence-corrected chi connectivity index (χ2v) is 2.93. The van der Waals surface area contributed by atoms with Gasteiger partial charge in [-0.05, 0) is 0 Å². The van der Waals surface area contributed by atoms with Gasteiger partial charge >= 0.3 is 0 Å². The van der Waals surface area contributed by atoms with Crippen LogP contribution in [-0.4, -0.2) is 53.6 Å². The summed E-state index contributed by atoms with van der Waals surface area (Å²) >= 11 is 0. The van der Waals surface area contributed by atoms with Crippen LogP contribution in [0.3, 0.4) is 0 Å². The number of rotatable bonds is 1. The molecule has 1 fully saturated rings. The van der Waals surface area contributed by atoms with Crippen LogP contribution in [0.15, 0.2) is 0 Å². The molecule has 0 aromatic heterocycles. The molecule has 1 aliphatic heterocycles. The molecule has 4 atom stereocenters. The van der Waals surface area contributed by atoms with Crippen molar-refractivity contribution < 1.29 is 20.1 Å². The summed E-state index contributed by atoms with van der Waals surface area (Å²) in [5, 5.41) is 27.8. The minimum absolute atomic E-state index is 0.401. The van der Waals surface area contributed by atoms with Gasteiger partial charge in [0, 0.05) is 0 Å². The summed E-state index contributed by atoms with van der Waals surface area (Å²) in [7, 11) is 1.59. The molecule has 1 rings (SSSR count). The first-order chi connectivity index (χ1) is 5.56. The molecule has 0 bridgehead atoms. The largest absolute Gasteiger partial charge is 0.394 e. The van der Waals surface area contributed by atoms with Crippen molar-refractivity contribution in [2.24, 2.45) is 0 Å². The van der Waals surface area contributed by atoms with Crippen molar-refractivity contribution in [1.82, 2.24) is 0 Å². The van der Waals surface area contributed by atoms with E-state index in [1.54, 1.807) is 7.85 Å². The number of hydrogen-bond donors (Lipinski definition) is 3. The van der Waals surface area contributed by atoms with Crippen LogP contribution in [0.5, 0.6) is 0 Å². The highest BCUT2D eigenvalue weighted by atomic mass is 16.6. The Balaban J connectivity index is 2.89. The highest BCUT2D eigenvalue weighted by Crippen LogP contribution is 2.28. The number of ether oxygens (including phenoxy) is 1. The van der Waals surface area contributed by atoms with Crippen molar-refractivity contribution in [3.63, 3.8) is 0 Å². The molecule has 12 heavy (non-hydrogen) atoms. The molecule has 1 heterocycles. The van der Waals surface area contributed by atoms with E-state index in [1.165, 1.54) is 0 Å². The minimum atomic E-state index is -1.76. The smallest absolute Gasteiger partial charge is 0.181 e. The van der Waals surface area contributed by atoms with Gasteiger partial charge in [0.25, 0.3) is 0 Å². The van der Waals surface area contributed by atoms with E-state index in [-0.39, 0.29) is 0 Å². The second kappa shape index (κ2) is 3.07. The fraction of sp³-hybridized carbons (Fsp3) is 0.714. The maximum absolute atomic E-state index is 9.63. The van der Waals surface area contributed by atoms with Gasteiger partial charge in [-0.2, -0.15) is 0 Å². The van der Waals surface area contributed by atoms with E-state index in [4.69, 9.17) is 16.3 Å². The van der Waals surface area contributed by atoms with Crippen LogP contribution in [0, 0.1) is 12.3 Å². The minimum Gasteiger partial charge on any atom is -0.394 e. The van der Waals surface area contributed by atoms with E-state index in [0.717, 1.165) is 0 Å². The van der Waals surface area contributed by atoms with Crippen LogP contribution in [0.25, 0.3) is 0 Å². The van der Waals surface area contributed by atoms with Gasteiger partial charge < -0.3 is 20.1 Å². The Bertz CT molecular complexity index is 214. The summed E-state index contributed by atoms with van der Waals surface area (Å²) in [5.41, 5.74) is -1.76. The average molecular weight is 170 g/mol. The molecule has 66 valence electrons. The zero-order valence-electron chi connectivity index (χ0n) is 6.77. The van der Waals surface area contributed by atoms with Crippen molar-refractivity contribution in [1.29, 1.82) is 0 Å². The van der Waals surface area contributed by atoms with Crippen LogP contribution >= 0.6 is 0 Å². The predicted molar refractivity (Wildman–Crippen MR) is 44.1 cm³/mol. The number of aliphatic hydroxyl groups excluding tert-OH is 2. The maximum atomic E-state index is 9.63. The van der Waals surface area contributed by atoms with Crippen LogP contribution in [0.2, 0.25) is 0 Å². The van der Waals surface area contributed by atoms with Crippen molar-refractivity contribution >= 4 is 7.85 Å². The third kappa shape index (κ3) is 1.13. The molecule has 0 spiro atoms. The lowest BCUT2D eigenvalue weighted by Crippen LogP contribution is -2.48. The van der Waals surface area contributed by atoms with Crippen molar-refractivity contribution in [2.45, 2.75) is 23.8 Å². The molecule has 0 aromatic rings. The fourth-order valence-corrected chi connectivity index (χ4v) is 1.35. The molecule has 0 radical (unpaired) electrons. The van der Waals surface area contributed by atoms with Crippen LogP contribution in [0.4, 0.5) is 0 Å². The summed E-state index contributed by atoms with van der Waals surface area (Å²) in [5.74, 6) is 2.04. The van der Waals surface area contributed by atoms with Gasteiger partial charge in [-0.1, -0.05) is 5.92 Å². The number of terminal acetylenes is 1. The maximum Gasteiger partial charge on any atom is 0.181 e. The van der Waals surface area contributed by atoms with Gasteiger partial charge in [-0.15, -0.1) is 6.42 Å². The molecule has 0 aliphatic carbocycles. The average Bonchev–Trinajstić information content (AvgIpc) is 2.30. The highest BCUT2D eigenvalue weighted by Gasteiger charge is 2.52. The van der Waals surface area contributed by atoms with Crippen LogP contribution < -0.4 is 0 Å². The Morgan fingerprint density at radius 1 is 1.67 bits per heavy atom. The molecule has 0 unspecified atom stereocenters. The van der Waals surface area contributed by atoms with Crippen molar-refractivity contribution in [3.8, 4) is 12.3 Å². The van der Waals surface area contributed by atoms with Gasteiger partial charge in [-0.3, -0.25) is 0 Å². The Labute approximate surface area is 71.6 Å². The molecular weight excluding hydrogens is 159 g/mol. The normalized spacial score (nSPS) is 47.3. The first-order valence-electron chi connectivity index (χ1n) is 3.70. The SMILES string of the molecule is B[C@@H]1O[C@H](CO)[C@@](O)(C#C)[C@H]1O. The molecule has 4 nitrogen and oxygen atoms in total. The third-order valence-corrected chi connectivity index (χ3v) is 2.16. The molecule has 0 saturated carbocycles. The number of hydrogen-bond acceptors (Lipinski definition) is 4. The highest BCUT2D eigenvalue weighted by molar-refractivity contribution is 6.11. The molecule has 0 aromatic carbocycles. The van der Waals surface area contributed by atoms with Gasteiger partial charge in [0.15, 0.2) is 5.60 Å². The summed E-state index contributed by atoms with van der Waals surface area (Å²) in [6.07, 6.45) is 3.00. The third-order valence-electron chi connectivity index (χ3n) is 2.16. The van der Waals surface area contributed by atoms with E-state index in [1.807, 2.05) is 5.92 Å². The molecular formula is C7H11BO4. The van der Waals surface area contributed by atoms with Gasteiger partial charge in [-0.25, -0.2) is 0 Å². The lowest BCUT2D eigenvalue weighted by atomic mass is 9.85. The van der Waals surface area contributed by atoms with Crippen molar-refractivity contribution in [2.75, 3.05) is 6.61 Å². The monoisotopic (exact) mass is 170 g/mol. The fourth-order valence-electron chi connectivity index (χ4n) is 1.35. The molecule has 5 heteroatoms.